The summed E-state index contributed by atoms with van der Waals surface area (Å²) in [6, 6.07) is 1.77. The molecule has 2 heterocycles. The van der Waals surface area contributed by atoms with Gasteiger partial charge in [-0.15, -0.1) is 0 Å². The van der Waals surface area contributed by atoms with Crippen molar-refractivity contribution >= 4 is 5.91 Å². The van der Waals surface area contributed by atoms with E-state index in [-0.39, 0.29) is 18.1 Å². The Labute approximate surface area is 124 Å². The van der Waals surface area contributed by atoms with Crippen molar-refractivity contribution in [2.24, 2.45) is 0 Å². The average molecular weight is 293 g/mol. The summed E-state index contributed by atoms with van der Waals surface area (Å²) in [5.74, 6) is 1.17. The van der Waals surface area contributed by atoms with Crippen LogP contribution >= 0.6 is 0 Å². The molecule has 0 radical (unpaired) electrons. The Morgan fingerprint density at radius 2 is 2.10 bits per heavy atom. The Bertz CT molecular complexity index is 488. The second kappa shape index (κ2) is 6.15. The van der Waals surface area contributed by atoms with Crippen LogP contribution in [0, 0.1) is 0 Å². The number of morpholine rings is 1. The molecule has 1 amide bonds. The molecule has 6 heteroatoms. The number of nitrogens with zero attached hydrogens (tertiary/aromatic N) is 2. The van der Waals surface area contributed by atoms with E-state index in [0.717, 1.165) is 38.2 Å². The Morgan fingerprint density at radius 3 is 2.76 bits per heavy atom. The number of rotatable bonds is 5. The van der Waals surface area contributed by atoms with Gasteiger partial charge in [0.25, 0.3) is 5.91 Å². The van der Waals surface area contributed by atoms with Crippen molar-refractivity contribution in [2.75, 3.05) is 26.2 Å². The highest BCUT2D eigenvalue weighted by Crippen LogP contribution is 2.40. The van der Waals surface area contributed by atoms with E-state index < -0.39 is 0 Å². The molecule has 0 bridgehead atoms. The third kappa shape index (κ3) is 3.83. The standard InChI is InChI=1S/C15H23N3O3/c1-10-8-18(9-11(2)20-10)6-5-16-15(19)13-7-14(21-17-13)12-3-4-12/h7,10-12H,3-6,8-9H2,1-2H3,(H,16,19)/t10-,11-/m0/s1. The number of aromatic nitrogens is 1. The van der Waals surface area contributed by atoms with Crippen molar-refractivity contribution in [3.63, 3.8) is 0 Å². The smallest absolute Gasteiger partial charge is 0.273 e. The number of amides is 1. The fourth-order valence-electron chi connectivity index (χ4n) is 2.84. The molecule has 1 saturated heterocycles. The van der Waals surface area contributed by atoms with Gasteiger partial charge in [-0.2, -0.15) is 0 Å². The molecule has 2 atom stereocenters. The molecular weight excluding hydrogens is 270 g/mol. The van der Waals surface area contributed by atoms with Crippen LogP contribution in [-0.2, 0) is 4.74 Å². The summed E-state index contributed by atoms with van der Waals surface area (Å²) in [6.45, 7) is 7.43. The van der Waals surface area contributed by atoms with E-state index in [9.17, 15) is 4.79 Å². The second-order valence-corrected chi connectivity index (χ2v) is 6.16. The molecule has 1 aliphatic heterocycles. The predicted molar refractivity (Wildman–Crippen MR) is 77.3 cm³/mol. The third-order valence-electron chi connectivity index (χ3n) is 3.95. The van der Waals surface area contributed by atoms with E-state index in [4.69, 9.17) is 9.26 Å². The van der Waals surface area contributed by atoms with Crippen molar-refractivity contribution in [3.05, 3.63) is 17.5 Å². The minimum atomic E-state index is -0.153. The molecule has 0 spiro atoms. The predicted octanol–water partition coefficient (Wildman–Crippen LogP) is 1.39. The van der Waals surface area contributed by atoms with Crippen LogP contribution in [0.5, 0.6) is 0 Å². The van der Waals surface area contributed by atoms with E-state index in [1.807, 2.05) is 0 Å². The summed E-state index contributed by atoms with van der Waals surface area (Å²) in [7, 11) is 0. The van der Waals surface area contributed by atoms with Crippen LogP contribution in [-0.4, -0.2) is 54.4 Å². The maximum absolute atomic E-state index is 12.0. The minimum absolute atomic E-state index is 0.153. The number of hydrogen-bond donors (Lipinski definition) is 1. The van der Waals surface area contributed by atoms with Crippen LogP contribution in [0.4, 0.5) is 0 Å². The van der Waals surface area contributed by atoms with E-state index in [0.29, 0.717) is 18.2 Å². The van der Waals surface area contributed by atoms with Gasteiger partial charge in [-0.05, 0) is 26.7 Å². The first-order chi connectivity index (χ1) is 10.1. The monoisotopic (exact) mass is 293 g/mol. The summed E-state index contributed by atoms with van der Waals surface area (Å²) in [4.78, 5) is 14.3. The van der Waals surface area contributed by atoms with E-state index in [1.165, 1.54) is 0 Å². The number of nitrogens with one attached hydrogen (secondary N) is 1. The minimum Gasteiger partial charge on any atom is -0.373 e. The lowest BCUT2D eigenvalue weighted by Crippen LogP contribution is -2.47. The highest BCUT2D eigenvalue weighted by molar-refractivity contribution is 5.92. The molecule has 1 aromatic rings. The van der Waals surface area contributed by atoms with Crippen LogP contribution in [0.3, 0.4) is 0 Å². The maximum Gasteiger partial charge on any atom is 0.273 e. The number of hydrogen-bond acceptors (Lipinski definition) is 5. The second-order valence-electron chi connectivity index (χ2n) is 6.16. The van der Waals surface area contributed by atoms with Gasteiger partial charge in [0, 0.05) is 38.2 Å². The van der Waals surface area contributed by atoms with Gasteiger partial charge in [0.2, 0.25) is 0 Å². The fraction of sp³-hybridized carbons (Fsp3) is 0.733. The zero-order valence-electron chi connectivity index (χ0n) is 12.7. The summed E-state index contributed by atoms with van der Waals surface area (Å²) < 4.78 is 10.9. The molecule has 0 unspecified atom stereocenters. The first kappa shape index (κ1) is 14.5. The Balaban J connectivity index is 1.42. The lowest BCUT2D eigenvalue weighted by Gasteiger charge is -2.35. The van der Waals surface area contributed by atoms with Crippen LogP contribution in [0.25, 0.3) is 0 Å². The van der Waals surface area contributed by atoms with Crippen LogP contribution in [0.2, 0.25) is 0 Å². The largest absolute Gasteiger partial charge is 0.373 e. The summed E-state index contributed by atoms with van der Waals surface area (Å²) >= 11 is 0. The fourth-order valence-corrected chi connectivity index (χ4v) is 2.84. The first-order valence-corrected chi connectivity index (χ1v) is 7.74. The SMILES string of the molecule is C[C@H]1CN(CCNC(=O)c2cc(C3CC3)on2)C[C@H](C)O1. The van der Waals surface area contributed by atoms with Crippen molar-refractivity contribution < 1.29 is 14.1 Å². The van der Waals surface area contributed by atoms with Gasteiger partial charge >= 0.3 is 0 Å². The molecule has 116 valence electrons. The topological polar surface area (TPSA) is 67.6 Å². The third-order valence-corrected chi connectivity index (χ3v) is 3.95. The molecule has 2 aliphatic rings. The molecule has 2 fully saturated rings. The number of ether oxygens (including phenoxy) is 1. The van der Waals surface area contributed by atoms with Crippen molar-refractivity contribution in [2.45, 2.75) is 44.8 Å². The highest BCUT2D eigenvalue weighted by Gasteiger charge is 2.29. The van der Waals surface area contributed by atoms with Crippen LogP contribution in [0.1, 0.15) is 48.9 Å². The molecule has 21 heavy (non-hydrogen) atoms. The zero-order valence-corrected chi connectivity index (χ0v) is 12.7. The lowest BCUT2D eigenvalue weighted by molar-refractivity contribution is -0.0672. The van der Waals surface area contributed by atoms with Gasteiger partial charge in [0.05, 0.1) is 12.2 Å². The van der Waals surface area contributed by atoms with E-state index in [2.05, 4.69) is 29.2 Å². The Hall–Kier alpha value is -1.40. The van der Waals surface area contributed by atoms with Gasteiger partial charge in [0.15, 0.2) is 5.69 Å². The van der Waals surface area contributed by atoms with Crippen molar-refractivity contribution in [1.82, 2.24) is 15.4 Å². The Morgan fingerprint density at radius 1 is 1.38 bits per heavy atom. The van der Waals surface area contributed by atoms with E-state index >= 15 is 0 Å². The molecule has 0 aromatic carbocycles. The average Bonchev–Trinajstić information content (AvgIpc) is 3.15. The number of carbonyl (C=O) groups excluding carboxylic acids is 1. The summed E-state index contributed by atoms with van der Waals surface area (Å²) in [5.41, 5.74) is 0.389. The first-order valence-electron chi connectivity index (χ1n) is 7.74. The zero-order chi connectivity index (χ0) is 14.8. The van der Waals surface area contributed by atoms with Crippen LogP contribution in [0.15, 0.2) is 10.6 Å². The van der Waals surface area contributed by atoms with Gasteiger partial charge in [-0.3, -0.25) is 9.69 Å². The van der Waals surface area contributed by atoms with Gasteiger partial charge in [-0.1, -0.05) is 5.16 Å². The number of carbonyl (C=O) groups is 1. The molecule has 6 nitrogen and oxygen atoms in total. The lowest BCUT2D eigenvalue weighted by atomic mass is 10.2. The molecule has 3 rings (SSSR count). The molecule has 1 aromatic heterocycles. The van der Waals surface area contributed by atoms with Gasteiger partial charge < -0.3 is 14.6 Å². The van der Waals surface area contributed by atoms with Crippen molar-refractivity contribution in [1.29, 1.82) is 0 Å². The quantitative estimate of drug-likeness (QED) is 0.888. The van der Waals surface area contributed by atoms with E-state index in [1.54, 1.807) is 6.07 Å². The molecule has 1 N–H and O–H groups in total. The Kier molecular flexibility index (Phi) is 4.26. The van der Waals surface area contributed by atoms with Crippen LogP contribution < -0.4 is 5.32 Å². The highest BCUT2D eigenvalue weighted by atomic mass is 16.5. The molecule has 1 saturated carbocycles. The molecule has 1 aliphatic carbocycles. The van der Waals surface area contributed by atoms with Gasteiger partial charge in [0.1, 0.15) is 5.76 Å². The maximum atomic E-state index is 12.0. The van der Waals surface area contributed by atoms with Crippen molar-refractivity contribution in [3.8, 4) is 0 Å². The van der Waals surface area contributed by atoms with Gasteiger partial charge in [-0.25, -0.2) is 0 Å². The summed E-state index contributed by atoms with van der Waals surface area (Å²) in [6.07, 6.45) is 2.79. The normalized spacial score (nSPS) is 26.8. The molecular formula is C15H23N3O3. The summed E-state index contributed by atoms with van der Waals surface area (Å²) in [5, 5.41) is 6.75.